The molecule has 0 saturated heterocycles. The molecule has 0 aliphatic heterocycles. The molecule has 0 aliphatic carbocycles. The van der Waals surface area contributed by atoms with Crippen LogP contribution in [0, 0.1) is 0 Å². The number of anilines is 2. The summed E-state index contributed by atoms with van der Waals surface area (Å²) in [5, 5.41) is 9.14. The Balaban J connectivity index is 1.84. The first-order valence-corrected chi connectivity index (χ1v) is 7.71. The summed E-state index contributed by atoms with van der Waals surface area (Å²) in [4.78, 5) is 27.8. The van der Waals surface area contributed by atoms with E-state index in [9.17, 15) is 9.59 Å². The highest BCUT2D eigenvalue weighted by atomic mass is 16.5. The van der Waals surface area contributed by atoms with Gasteiger partial charge in [-0.25, -0.2) is 0 Å². The van der Waals surface area contributed by atoms with Gasteiger partial charge in [0.2, 0.25) is 5.91 Å². The lowest BCUT2D eigenvalue weighted by atomic mass is 10.2. The van der Waals surface area contributed by atoms with Crippen LogP contribution in [0.4, 0.5) is 11.4 Å². The molecule has 132 valence electrons. The fourth-order valence-corrected chi connectivity index (χ4v) is 2.27. The number of hydrogen-bond donors (Lipinski definition) is 2. The fraction of sp³-hybridized carbons (Fsp3) is 0.111. The average Bonchev–Trinajstić information content (AvgIpc) is 3.14. The van der Waals surface area contributed by atoms with Gasteiger partial charge in [0, 0.05) is 37.0 Å². The number of amides is 2. The topological polar surface area (TPSA) is 106 Å². The van der Waals surface area contributed by atoms with Crippen molar-refractivity contribution in [2.45, 2.75) is 6.92 Å². The minimum Gasteiger partial charge on any atom is -0.497 e. The quantitative estimate of drug-likeness (QED) is 0.731. The van der Waals surface area contributed by atoms with Gasteiger partial charge in [0.05, 0.1) is 18.5 Å². The second-order valence-corrected chi connectivity index (χ2v) is 5.36. The number of benzene rings is 1. The van der Waals surface area contributed by atoms with Crippen LogP contribution in [0.2, 0.25) is 0 Å². The summed E-state index contributed by atoms with van der Waals surface area (Å²) < 4.78 is 10.4. The Hall–Kier alpha value is -3.68. The fourth-order valence-electron chi connectivity index (χ4n) is 2.27. The van der Waals surface area contributed by atoms with E-state index >= 15 is 0 Å². The molecule has 0 fully saturated rings. The summed E-state index contributed by atoms with van der Waals surface area (Å²) in [6.07, 6.45) is 3.25. The summed E-state index contributed by atoms with van der Waals surface area (Å²) in [7, 11) is 1.51. The Morgan fingerprint density at radius 2 is 1.96 bits per heavy atom. The van der Waals surface area contributed by atoms with Crippen LogP contribution in [0.5, 0.6) is 5.75 Å². The molecule has 2 heterocycles. The monoisotopic (exact) mass is 352 g/mol. The van der Waals surface area contributed by atoms with Gasteiger partial charge in [0.1, 0.15) is 5.75 Å². The molecule has 0 radical (unpaired) electrons. The van der Waals surface area contributed by atoms with Gasteiger partial charge in [0.25, 0.3) is 5.91 Å². The van der Waals surface area contributed by atoms with Crippen LogP contribution in [-0.2, 0) is 4.79 Å². The van der Waals surface area contributed by atoms with E-state index in [-0.39, 0.29) is 11.6 Å². The van der Waals surface area contributed by atoms with E-state index < -0.39 is 5.91 Å². The number of aromatic nitrogens is 2. The van der Waals surface area contributed by atoms with E-state index in [1.165, 1.54) is 20.1 Å². The molecule has 0 spiro atoms. The van der Waals surface area contributed by atoms with E-state index in [1.54, 1.807) is 42.7 Å². The predicted molar refractivity (Wildman–Crippen MR) is 95.0 cm³/mol. The van der Waals surface area contributed by atoms with Crippen molar-refractivity contribution in [2.24, 2.45) is 0 Å². The molecule has 8 heteroatoms. The molecule has 1 aromatic carbocycles. The van der Waals surface area contributed by atoms with E-state index in [2.05, 4.69) is 20.8 Å². The van der Waals surface area contributed by atoms with Gasteiger partial charge in [-0.05, 0) is 24.3 Å². The first-order chi connectivity index (χ1) is 12.6. The SMILES string of the molecule is COc1ccc(NC(C)=O)c(NC(=O)c2cc(-c3cccnc3)on2)c1. The van der Waals surface area contributed by atoms with Gasteiger partial charge in [-0.3, -0.25) is 14.6 Å². The Kier molecular flexibility index (Phi) is 4.93. The Labute approximate surface area is 149 Å². The van der Waals surface area contributed by atoms with Crippen molar-refractivity contribution in [3.63, 3.8) is 0 Å². The summed E-state index contributed by atoms with van der Waals surface area (Å²) in [6, 6.07) is 9.99. The van der Waals surface area contributed by atoms with Crippen LogP contribution in [0.15, 0.2) is 53.3 Å². The first-order valence-electron chi connectivity index (χ1n) is 7.71. The molecule has 2 N–H and O–H groups in total. The first kappa shape index (κ1) is 17.2. The van der Waals surface area contributed by atoms with E-state index in [4.69, 9.17) is 9.26 Å². The molecule has 8 nitrogen and oxygen atoms in total. The van der Waals surface area contributed by atoms with Crippen molar-refractivity contribution in [2.75, 3.05) is 17.7 Å². The number of methoxy groups -OCH3 is 1. The molecule has 2 amide bonds. The Morgan fingerprint density at radius 3 is 2.65 bits per heavy atom. The molecule has 0 aliphatic rings. The van der Waals surface area contributed by atoms with E-state index in [1.807, 2.05) is 0 Å². The number of nitrogens with zero attached hydrogens (tertiary/aromatic N) is 2. The zero-order chi connectivity index (χ0) is 18.5. The maximum Gasteiger partial charge on any atom is 0.277 e. The summed E-state index contributed by atoms with van der Waals surface area (Å²) in [5.74, 6) is 0.219. The molecular weight excluding hydrogens is 336 g/mol. The highest BCUT2D eigenvalue weighted by Crippen LogP contribution is 2.28. The zero-order valence-electron chi connectivity index (χ0n) is 14.1. The number of hydrogen-bond acceptors (Lipinski definition) is 6. The van der Waals surface area contributed by atoms with Gasteiger partial charge in [0.15, 0.2) is 11.5 Å². The molecule has 0 saturated carbocycles. The van der Waals surface area contributed by atoms with Gasteiger partial charge in [-0.2, -0.15) is 0 Å². The van der Waals surface area contributed by atoms with Crippen LogP contribution in [0.3, 0.4) is 0 Å². The van der Waals surface area contributed by atoms with E-state index in [0.29, 0.717) is 28.4 Å². The minimum absolute atomic E-state index is 0.0976. The lowest BCUT2D eigenvalue weighted by Crippen LogP contribution is -2.15. The smallest absolute Gasteiger partial charge is 0.277 e. The average molecular weight is 352 g/mol. The van der Waals surface area contributed by atoms with Crippen molar-refractivity contribution in [3.05, 3.63) is 54.5 Å². The summed E-state index contributed by atoms with van der Waals surface area (Å²) in [6.45, 7) is 1.38. The second kappa shape index (κ2) is 7.47. The number of ether oxygens (including phenoxy) is 1. The van der Waals surface area contributed by atoms with Gasteiger partial charge in [-0.1, -0.05) is 5.16 Å². The highest BCUT2D eigenvalue weighted by molar-refractivity contribution is 6.06. The van der Waals surface area contributed by atoms with Crippen LogP contribution < -0.4 is 15.4 Å². The van der Waals surface area contributed by atoms with Gasteiger partial charge < -0.3 is 19.9 Å². The predicted octanol–water partition coefficient (Wildman–Crippen LogP) is 2.96. The second-order valence-electron chi connectivity index (χ2n) is 5.36. The number of carbonyl (C=O) groups excluding carboxylic acids is 2. The van der Waals surface area contributed by atoms with Crippen LogP contribution in [-0.4, -0.2) is 29.1 Å². The Morgan fingerprint density at radius 1 is 1.12 bits per heavy atom. The van der Waals surface area contributed by atoms with Crippen LogP contribution in [0.1, 0.15) is 17.4 Å². The molecule has 26 heavy (non-hydrogen) atoms. The third-order valence-electron chi connectivity index (χ3n) is 3.47. The van der Waals surface area contributed by atoms with Crippen molar-refractivity contribution in [1.82, 2.24) is 10.1 Å². The maximum absolute atomic E-state index is 12.5. The standard InChI is InChI=1S/C18H16N4O4/c1-11(23)20-14-6-5-13(25-2)8-15(14)21-18(24)16-9-17(26-22-16)12-4-3-7-19-10-12/h3-10H,1-2H3,(H,20,23)(H,21,24). The molecular formula is C18H16N4O4. The molecule has 0 bridgehead atoms. The summed E-state index contributed by atoms with van der Waals surface area (Å²) in [5.41, 5.74) is 1.64. The normalized spacial score (nSPS) is 10.2. The van der Waals surface area contributed by atoms with Gasteiger partial charge >= 0.3 is 0 Å². The van der Waals surface area contributed by atoms with Crippen LogP contribution >= 0.6 is 0 Å². The summed E-state index contributed by atoms with van der Waals surface area (Å²) >= 11 is 0. The lowest BCUT2D eigenvalue weighted by Gasteiger charge is -2.12. The molecule has 3 rings (SSSR count). The van der Waals surface area contributed by atoms with Crippen molar-refractivity contribution >= 4 is 23.2 Å². The van der Waals surface area contributed by atoms with Crippen molar-refractivity contribution in [3.8, 4) is 17.1 Å². The number of carbonyl (C=O) groups is 2. The zero-order valence-corrected chi connectivity index (χ0v) is 14.1. The number of pyridine rings is 1. The number of rotatable bonds is 5. The molecule has 0 atom stereocenters. The van der Waals surface area contributed by atoms with E-state index in [0.717, 1.165) is 0 Å². The third-order valence-corrected chi connectivity index (χ3v) is 3.47. The van der Waals surface area contributed by atoms with Gasteiger partial charge in [-0.15, -0.1) is 0 Å². The minimum atomic E-state index is -0.483. The third kappa shape index (κ3) is 3.86. The largest absolute Gasteiger partial charge is 0.497 e. The van der Waals surface area contributed by atoms with Crippen molar-refractivity contribution < 1.29 is 18.8 Å². The highest BCUT2D eigenvalue weighted by Gasteiger charge is 2.16. The molecule has 0 unspecified atom stereocenters. The molecule has 3 aromatic rings. The van der Waals surface area contributed by atoms with Crippen LogP contribution in [0.25, 0.3) is 11.3 Å². The maximum atomic E-state index is 12.5. The number of nitrogens with one attached hydrogen (secondary N) is 2. The Bertz CT molecular complexity index is 937. The van der Waals surface area contributed by atoms with Crippen molar-refractivity contribution in [1.29, 1.82) is 0 Å². The molecule has 2 aromatic heterocycles. The lowest BCUT2D eigenvalue weighted by molar-refractivity contribution is -0.114.